The van der Waals surface area contributed by atoms with Gasteiger partial charge in [0.25, 0.3) is 0 Å². The Kier molecular flexibility index (Phi) is 5.09. The van der Waals surface area contributed by atoms with Gasteiger partial charge in [-0.1, -0.05) is 24.8 Å². The highest BCUT2D eigenvalue weighted by atomic mass is 14.6. The normalized spacial score (nSPS) is 14.1. The highest BCUT2D eigenvalue weighted by Gasteiger charge is 1.91. The first-order chi connectivity index (χ1) is 5.26. The van der Waals surface area contributed by atoms with Crippen LogP contribution in [0.1, 0.15) is 13.8 Å². The van der Waals surface area contributed by atoms with Crippen molar-refractivity contribution in [1.29, 1.82) is 0 Å². The molecule has 0 aliphatic carbocycles. The van der Waals surface area contributed by atoms with Gasteiger partial charge >= 0.3 is 0 Å². The van der Waals surface area contributed by atoms with Crippen molar-refractivity contribution in [3.63, 3.8) is 0 Å². The summed E-state index contributed by atoms with van der Waals surface area (Å²) < 4.78 is 0. The number of rotatable bonds is 3. The molecule has 0 saturated carbocycles. The Labute approximate surface area is 68.9 Å². The van der Waals surface area contributed by atoms with Crippen LogP contribution in [0.15, 0.2) is 40.9 Å². The molecule has 0 fully saturated rings. The van der Waals surface area contributed by atoms with Crippen molar-refractivity contribution >= 4 is 6.21 Å². The van der Waals surface area contributed by atoms with E-state index in [1.165, 1.54) is 5.57 Å². The Hall–Kier alpha value is -1.11. The van der Waals surface area contributed by atoms with Crippen molar-refractivity contribution in [2.75, 3.05) is 7.05 Å². The van der Waals surface area contributed by atoms with Crippen molar-refractivity contribution in [3.8, 4) is 0 Å². The molecule has 0 unspecified atom stereocenters. The molecule has 11 heavy (non-hydrogen) atoms. The highest BCUT2D eigenvalue weighted by Crippen LogP contribution is 2.05. The van der Waals surface area contributed by atoms with Crippen LogP contribution in [0.2, 0.25) is 0 Å². The minimum absolute atomic E-state index is 1.15. The Morgan fingerprint density at radius 1 is 1.45 bits per heavy atom. The van der Waals surface area contributed by atoms with Crippen molar-refractivity contribution in [2.45, 2.75) is 13.8 Å². The minimum Gasteiger partial charge on any atom is -0.296 e. The van der Waals surface area contributed by atoms with Gasteiger partial charge in [0, 0.05) is 13.3 Å². The molecular formula is C10H15N. The molecule has 0 radical (unpaired) electrons. The minimum atomic E-state index is 1.15. The largest absolute Gasteiger partial charge is 0.296 e. The van der Waals surface area contributed by atoms with Gasteiger partial charge in [0.05, 0.1) is 0 Å². The lowest BCUT2D eigenvalue weighted by molar-refractivity contribution is 1.41. The SMILES string of the molecule is C=C/C=C(C)\C(C=NC)=C/C. The second kappa shape index (κ2) is 5.66. The fourth-order valence-electron chi connectivity index (χ4n) is 0.816. The fraction of sp³-hybridized carbons (Fsp3) is 0.300. The van der Waals surface area contributed by atoms with E-state index >= 15 is 0 Å². The van der Waals surface area contributed by atoms with E-state index in [0.29, 0.717) is 0 Å². The maximum atomic E-state index is 3.94. The lowest BCUT2D eigenvalue weighted by Crippen LogP contribution is -1.85. The van der Waals surface area contributed by atoms with Gasteiger partial charge in [0.1, 0.15) is 0 Å². The highest BCUT2D eigenvalue weighted by molar-refractivity contribution is 5.84. The van der Waals surface area contributed by atoms with Crippen LogP contribution in [0.25, 0.3) is 0 Å². The standard InChI is InChI=1S/C10H15N/c1-5-7-9(3)10(6-2)8-11-4/h5-8H,1H2,2-4H3/b9-7-,10-6-,11-8?. The first-order valence-electron chi connectivity index (χ1n) is 3.64. The predicted octanol–water partition coefficient (Wildman–Crippen LogP) is 2.77. The van der Waals surface area contributed by atoms with Gasteiger partial charge in [-0.15, -0.1) is 0 Å². The van der Waals surface area contributed by atoms with Crippen LogP contribution in [-0.2, 0) is 0 Å². The van der Waals surface area contributed by atoms with Crippen LogP contribution in [0.4, 0.5) is 0 Å². The van der Waals surface area contributed by atoms with Crippen LogP contribution in [0.5, 0.6) is 0 Å². The summed E-state index contributed by atoms with van der Waals surface area (Å²) >= 11 is 0. The summed E-state index contributed by atoms with van der Waals surface area (Å²) in [5.41, 5.74) is 2.33. The summed E-state index contributed by atoms with van der Waals surface area (Å²) in [6.45, 7) is 7.67. The van der Waals surface area contributed by atoms with Crippen LogP contribution in [0, 0.1) is 0 Å². The first kappa shape index (κ1) is 9.89. The number of nitrogens with zero attached hydrogens (tertiary/aromatic N) is 1. The molecular weight excluding hydrogens is 134 g/mol. The molecule has 0 N–H and O–H groups in total. The van der Waals surface area contributed by atoms with Gasteiger partial charge in [0.15, 0.2) is 0 Å². The second-order valence-electron chi connectivity index (χ2n) is 2.22. The van der Waals surface area contributed by atoms with E-state index in [-0.39, 0.29) is 0 Å². The smallest absolute Gasteiger partial charge is 0.0280 e. The second-order valence-corrected chi connectivity index (χ2v) is 2.22. The Morgan fingerprint density at radius 3 is 2.45 bits per heavy atom. The molecule has 0 aliphatic rings. The maximum Gasteiger partial charge on any atom is 0.0280 e. The van der Waals surface area contributed by atoms with E-state index in [2.05, 4.69) is 11.6 Å². The van der Waals surface area contributed by atoms with Crippen molar-refractivity contribution < 1.29 is 0 Å². The Morgan fingerprint density at radius 2 is 2.09 bits per heavy atom. The molecule has 1 heteroatoms. The predicted molar refractivity (Wildman–Crippen MR) is 52.1 cm³/mol. The van der Waals surface area contributed by atoms with E-state index in [1.807, 2.05) is 32.2 Å². The zero-order valence-electron chi connectivity index (χ0n) is 7.46. The average Bonchev–Trinajstić information content (AvgIpc) is 2.00. The number of hydrogen-bond donors (Lipinski definition) is 0. The molecule has 1 nitrogen and oxygen atoms in total. The van der Waals surface area contributed by atoms with E-state index in [0.717, 1.165) is 5.57 Å². The summed E-state index contributed by atoms with van der Waals surface area (Å²) in [4.78, 5) is 3.94. The summed E-state index contributed by atoms with van der Waals surface area (Å²) in [6, 6.07) is 0. The van der Waals surface area contributed by atoms with Gasteiger partial charge in [-0.25, -0.2) is 0 Å². The molecule has 60 valence electrons. The molecule has 0 aromatic rings. The molecule has 0 aromatic heterocycles. The van der Waals surface area contributed by atoms with Crippen LogP contribution >= 0.6 is 0 Å². The number of hydrogen-bond acceptors (Lipinski definition) is 1. The van der Waals surface area contributed by atoms with E-state index in [1.54, 1.807) is 13.1 Å². The van der Waals surface area contributed by atoms with Crippen LogP contribution in [0.3, 0.4) is 0 Å². The average molecular weight is 149 g/mol. The zero-order chi connectivity index (χ0) is 8.69. The van der Waals surface area contributed by atoms with Gasteiger partial charge < -0.3 is 0 Å². The first-order valence-corrected chi connectivity index (χ1v) is 3.64. The topological polar surface area (TPSA) is 12.4 Å². The summed E-state index contributed by atoms with van der Waals surface area (Å²) in [7, 11) is 1.77. The molecule has 0 atom stereocenters. The molecule has 0 aliphatic heterocycles. The summed E-state index contributed by atoms with van der Waals surface area (Å²) in [5.74, 6) is 0. The van der Waals surface area contributed by atoms with E-state index in [9.17, 15) is 0 Å². The van der Waals surface area contributed by atoms with E-state index in [4.69, 9.17) is 0 Å². The van der Waals surface area contributed by atoms with Gasteiger partial charge in [-0.3, -0.25) is 4.99 Å². The third kappa shape index (κ3) is 3.56. The van der Waals surface area contributed by atoms with Gasteiger partial charge in [-0.2, -0.15) is 0 Å². The lowest BCUT2D eigenvalue weighted by Gasteiger charge is -1.97. The summed E-state index contributed by atoms with van der Waals surface area (Å²) in [5, 5.41) is 0. The number of aliphatic imine (C=N–C) groups is 1. The third-order valence-corrected chi connectivity index (χ3v) is 1.40. The molecule has 0 heterocycles. The fourth-order valence-corrected chi connectivity index (χ4v) is 0.816. The van der Waals surface area contributed by atoms with Crippen LogP contribution in [-0.4, -0.2) is 13.3 Å². The van der Waals surface area contributed by atoms with Crippen LogP contribution < -0.4 is 0 Å². The number of allylic oxidation sites excluding steroid dienone is 5. The molecule has 0 spiro atoms. The summed E-state index contributed by atoms with van der Waals surface area (Å²) in [6.07, 6.45) is 7.62. The van der Waals surface area contributed by atoms with Crippen molar-refractivity contribution in [3.05, 3.63) is 36.0 Å². The van der Waals surface area contributed by atoms with E-state index < -0.39 is 0 Å². The third-order valence-electron chi connectivity index (χ3n) is 1.40. The Balaban J connectivity index is 4.52. The van der Waals surface area contributed by atoms with Crippen molar-refractivity contribution in [1.82, 2.24) is 0 Å². The maximum absolute atomic E-state index is 3.94. The molecule has 0 rings (SSSR count). The van der Waals surface area contributed by atoms with Gasteiger partial charge in [0.2, 0.25) is 0 Å². The zero-order valence-corrected chi connectivity index (χ0v) is 7.46. The molecule has 0 aromatic carbocycles. The lowest BCUT2D eigenvalue weighted by atomic mass is 10.1. The monoisotopic (exact) mass is 149 g/mol. The molecule has 0 saturated heterocycles. The molecule has 0 amide bonds. The quantitative estimate of drug-likeness (QED) is 0.432. The van der Waals surface area contributed by atoms with Crippen molar-refractivity contribution in [2.24, 2.45) is 4.99 Å². The molecule has 0 bridgehead atoms. The Bertz CT molecular complexity index is 207. The van der Waals surface area contributed by atoms with Gasteiger partial charge in [-0.05, 0) is 25.0 Å².